The van der Waals surface area contributed by atoms with Crippen LogP contribution in [0.25, 0.3) is 0 Å². The van der Waals surface area contributed by atoms with Crippen molar-refractivity contribution in [1.29, 1.82) is 5.26 Å². The van der Waals surface area contributed by atoms with Crippen molar-refractivity contribution >= 4 is 5.91 Å². The van der Waals surface area contributed by atoms with Gasteiger partial charge in [-0.2, -0.15) is 5.26 Å². The Morgan fingerprint density at radius 1 is 1.14 bits per heavy atom. The molecule has 5 heteroatoms. The van der Waals surface area contributed by atoms with Crippen LogP contribution in [0.2, 0.25) is 0 Å². The van der Waals surface area contributed by atoms with Gasteiger partial charge < -0.3 is 10.2 Å². The number of amides is 1. The summed E-state index contributed by atoms with van der Waals surface area (Å²) in [7, 11) is 0. The number of piperazine rings is 1. The van der Waals surface area contributed by atoms with E-state index in [0.717, 1.165) is 50.1 Å². The normalized spacial score (nSPS) is 23.4. The predicted octanol–water partition coefficient (Wildman–Crippen LogP) is 3.71. The molecule has 0 spiro atoms. The van der Waals surface area contributed by atoms with Crippen molar-refractivity contribution < 1.29 is 4.79 Å². The lowest BCUT2D eigenvalue weighted by molar-refractivity contribution is -0.134. The number of piperidine rings is 1. The zero-order valence-corrected chi connectivity index (χ0v) is 18.7. The molecule has 0 aromatic heterocycles. The second-order valence-corrected chi connectivity index (χ2v) is 10.2. The van der Waals surface area contributed by atoms with E-state index < -0.39 is 0 Å². The second-order valence-electron chi connectivity index (χ2n) is 10.2. The van der Waals surface area contributed by atoms with Gasteiger partial charge in [-0.3, -0.25) is 9.69 Å². The molecule has 29 heavy (non-hydrogen) atoms. The van der Waals surface area contributed by atoms with Crippen LogP contribution in [-0.4, -0.2) is 53.0 Å². The third-order valence-corrected chi connectivity index (χ3v) is 6.48. The molecule has 1 aromatic rings. The number of carbonyl (C=O) groups excluding carboxylic acids is 1. The summed E-state index contributed by atoms with van der Waals surface area (Å²) in [6.45, 7) is 14.4. The first kappa shape index (κ1) is 21.8. The number of benzene rings is 1. The average molecular weight is 397 g/mol. The van der Waals surface area contributed by atoms with E-state index in [0.29, 0.717) is 18.2 Å². The molecule has 2 heterocycles. The van der Waals surface area contributed by atoms with E-state index in [1.807, 2.05) is 29.2 Å². The molecule has 2 saturated heterocycles. The van der Waals surface area contributed by atoms with Crippen molar-refractivity contribution in [2.45, 2.75) is 71.0 Å². The van der Waals surface area contributed by atoms with E-state index >= 15 is 0 Å². The molecule has 0 bridgehead atoms. The Morgan fingerprint density at radius 3 is 2.31 bits per heavy atom. The van der Waals surface area contributed by atoms with Crippen LogP contribution in [0, 0.1) is 17.2 Å². The summed E-state index contributed by atoms with van der Waals surface area (Å²) in [6.07, 6.45) is 2.75. The molecule has 1 N–H and O–H groups in total. The van der Waals surface area contributed by atoms with Crippen molar-refractivity contribution in [2.75, 3.05) is 26.2 Å². The molecule has 1 unspecified atom stereocenters. The molecule has 0 saturated carbocycles. The second kappa shape index (κ2) is 8.45. The highest BCUT2D eigenvalue weighted by molar-refractivity contribution is 5.76. The number of nitrogens with zero attached hydrogens (tertiary/aromatic N) is 3. The van der Waals surface area contributed by atoms with Crippen molar-refractivity contribution in [3.05, 3.63) is 35.4 Å². The highest BCUT2D eigenvalue weighted by Crippen LogP contribution is 2.35. The number of hydrogen-bond donors (Lipinski definition) is 1. The quantitative estimate of drug-likeness (QED) is 0.843. The summed E-state index contributed by atoms with van der Waals surface area (Å²) in [5.41, 5.74) is 1.98. The van der Waals surface area contributed by atoms with Gasteiger partial charge >= 0.3 is 0 Å². The van der Waals surface area contributed by atoms with Gasteiger partial charge in [-0.05, 0) is 65.0 Å². The average Bonchev–Trinajstić information content (AvgIpc) is 2.65. The molecule has 158 valence electrons. The molecular formula is C24H36N4O. The fourth-order valence-electron chi connectivity index (χ4n) is 5.57. The Morgan fingerprint density at radius 2 is 1.72 bits per heavy atom. The Kier molecular flexibility index (Phi) is 6.36. The van der Waals surface area contributed by atoms with Gasteiger partial charge in [0.2, 0.25) is 5.91 Å². The Bertz CT molecular complexity index is 755. The van der Waals surface area contributed by atoms with Crippen LogP contribution in [0.15, 0.2) is 24.3 Å². The maximum Gasteiger partial charge on any atom is 0.222 e. The van der Waals surface area contributed by atoms with Gasteiger partial charge in [0.15, 0.2) is 0 Å². The van der Waals surface area contributed by atoms with Gasteiger partial charge in [-0.15, -0.1) is 0 Å². The number of nitrogens with one attached hydrogen (secondary N) is 1. The summed E-state index contributed by atoms with van der Waals surface area (Å²) >= 11 is 0. The van der Waals surface area contributed by atoms with Crippen LogP contribution < -0.4 is 5.32 Å². The summed E-state index contributed by atoms with van der Waals surface area (Å²) in [6, 6.07) is 10.3. The first-order chi connectivity index (χ1) is 13.6. The summed E-state index contributed by atoms with van der Waals surface area (Å²) in [5, 5.41) is 13.1. The van der Waals surface area contributed by atoms with E-state index in [1.54, 1.807) is 0 Å². The van der Waals surface area contributed by atoms with E-state index in [9.17, 15) is 10.1 Å². The van der Waals surface area contributed by atoms with E-state index in [2.05, 4.69) is 50.9 Å². The third kappa shape index (κ3) is 5.38. The monoisotopic (exact) mass is 396 g/mol. The summed E-state index contributed by atoms with van der Waals surface area (Å²) < 4.78 is 0. The molecule has 1 amide bonds. The lowest BCUT2D eigenvalue weighted by atomic mass is 9.74. The molecule has 2 aliphatic heterocycles. The number of rotatable bonds is 4. The molecule has 1 aromatic carbocycles. The van der Waals surface area contributed by atoms with Gasteiger partial charge in [0.05, 0.1) is 11.6 Å². The molecular weight excluding hydrogens is 360 g/mol. The predicted molar refractivity (Wildman–Crippen MR) is 116 cm³/mol. The van der Waals surface area contributed by atoms with Gasteiger partial charge in [-0.25, -0.2) is 0 Å². The first-order valence-electron chi connectivity index (χ1n) is 10.9. The van der Waals surface area contributed by atoms with Crippen LogP contribution in [0.3, 0.4) is 0 Å². The van der Waals surface area contributed by atoms with Crippen LogP contribution in [0.5, 0.6) is 0 Å². The minimum atomic E-state index is 0.0783. The van der Waals surface area contributed by atoms with Gasteiger partial charge in [0, 0.05) is 49.7 Å². The highest BCUT2D eigenvalue weighted by atomic mass is 16.2. The number of nitriles is 1. The fourth-order valence-corrected chi connectivity index (χ4v) is 5.57. The standard InChI is InChI=1S/C24H36N4O/c1-18(21-9-7-6-8-20(21)17-25)27-10-12-28(13-11-27)22(29)14-19-15-23(2,3)26-24(4,5)16-19/h6-9,18-19,26H,10-16H2,1-5H3. The fraction of sp³-hybridized carbons (Fsp3) is 0.667. The zero-order valence-electron chi connectivity index (χ0n) is 18.7. The van der Waals surface area contributed by atoms with Crippen molar-refractivity contribution in [2.24, 2.45) is 5.92 Å². The third-order valence-electron chi connectivity index (χ3n) is 6.48. The lowest BCUT2D eigenvalue weighted by Crippen LogP contribution is -2.58. The molecule has 0 radical (unpaired) electrons. The lowest BCUT2D eigenvalue weighted by Gasteiger charge is -2.47. The van der Waals surface area contributed by atoms with Crippen molar-refractivity contribution in [1.82, 2.24) is 15.1 Å². The Labute approximate surface area is 176 Å². The zero-order chi connectivity index (χ0) is 21.2. The van der Waals surface area contributed by atoms with Gasteiger partial charge in [0.25, 0.3) is 0 Å². The smallest absolute Gasteiger partial charge is 0.222 e. The summed E-state index contributed by atoms with van der Waals surface area (Å²) in [4.78, 5) is 17.4. The van der Waals surface area contributed by atoms with Gasteiger partial charge in [0.1, 0.15) is 0 Å². The highest BCUT2D eigenvalue weighted by Gasteiger charge is 2.39. The minimum Gasteiger partial charge on any atom is -0.340 e. The Hall–Kier alpha value is -1.90. The molecule has 2 fully saturated rings. The van der Waals surface area contributed by atoms with Gasteiger partial charge in [-0.1, -0.05) is 18.2 Å². The molecule has 0 aliphatic carbocycles. The van der Waals surface area contributed by atoms with Crippen molar-refractivity contribution in [3.8, 4) is 6.07 Å². The molecule has 3 rings (SSSR count). The van der Waals surface area contributed by atoms with E-state index in [1.165, 1.54) is 0 Å². The molecule has 1 atom stereocenters. The maximum atomic E-state index is 13.0. The SMILES string of the molecule is CC(c1ccccc1C#N)N1CCN(C(=O)CC2CC(C)(C)NC(C)(C)C2)CC1. The van der Waals surface area contributed by atoms with Crippen LogP contribution in [0.4, 0.5) is 0 Å². The number of carbonyl (C=O) groups is 1. The number of hydrogen-bond acceptors (Lipinski definition) is 4. The largest absolute Gasteiger partial charge is 0.340 e. The minimum absolute atomic E-state index is 0.0783. The molecule has 2 aliphatic rings. The van der Waals surface area contributed by atoms with Crippen LogP contribution in [-0.2, 0) is 4.79 Å². The molecule has 5 nitrogen and oxygen atoms in total. The summed E-state index contributed by atoms with van der Waals surface area (Å²) in [5.74, 6) is 0.737. The maximum absolute atomic E-state index is 13.0. The van der Waals surface area contributed by atoms with E-state index in [4.69, 9.17) is 0 Å². The van der Waals surface area contributed by atoms with Crippen LogP contribution >= 0.6 is 0 Å². The van der Waals surface area contributed by atoms with E-state index in [-0.39, 0.29) is 17.1 Å². The van der Waals surface area contributed by atoms with Crippen LogP contribution in [0.1, 0.15) is 71.0 Å². The first-order valence-corrected chi connectivity index (χ1v) is 10.9. The Balaban J connectivity index is 1.55. The topological polar surface area (TPSA) is 59.4 Å². The van der Waals surface area contributed by atoms with Crippen molar-refractivity contribution in [3.63, 3.8) is 0 Å².